The van der Waals surface area contributed by atoms with Gasteiger partial charge in [0, 0.05) is 16.8 Å². The molecule has 1 amide bonds. The molecule has 120 valence electrons. The van der Waals surface area contributed by atoms with Crippen LogP contribution in [-0.2, 0) is 0 Å². The van der Waals surface area contributed by atoms with Crippen LogP contribution in [0.3, 0.4) is 0 Å². The van der Waals surface area contributed by atoms with E-state index < -0.39 is 0 Å². The molecule has 3 N–H and O–H groups in total. The first-order chi connectivity index (χ1) is 11.5. The van der Waals surface area contributed by atoms with Crippen molar-refractivity contribution in [2.45, 2.75) is 6.92 Å². The molecule has 24 heavy (non-hydrogen) atoms. The highest BCUT2D eigenvalue weighted by Gasteiger charge is 2.10. The predicted octanol–water partition coefficient (Wildman–Crippen LogP) is 3.72. The van der Waals surface area contributed by atoms with Gasteiger partial charge >= 0.3 is 0 Å². The molecule has 0 bridgehead atoms. The van der Waals surface area contributed by atoms with Crippen molar-refractivity contribution in [3.05, 3.63) is 71.9 Å². The largest absolute Gasteiger partial charge is 0.504 e. The summed E-state index contributed by atoms with van der Waals surface area (Å²) in [6.07, 6.45) is 0. The van der Waals surface area contributed by atoms with E-state index in [1.54, 1.807) is 42.5 Å². The van der Waals surface area contributed by atoms with Crippen LogP contribution in [0.4, 0.5) is 5.82 Å². The van der Waals surface area contributed by atoms with E-state index in [-0.39, 0.29) is 17.4 Å². The molecule has 0 atom stereocenters. The summed E-state index contributed by atoms with van der Waals surface area (Å²) in [6, 6.07) is 16.9. The predicted molar refractivity (Wildman–Crippen MR) is 92.1 cm³/mol. The summed E-state index contributed by atoms with van der Waals surface area (Å²) in [5.41, 5.74) is 2.50. The Hall–Kier alpha value is -3.34. The van der Waals surface area contributed by atoms with Crippen molar-refractivity contribution in [1.29, 1.82) is 0 Å². The molecule has 0 spiro atoms. The first-order valence-corrected chi connectivity index (χ1v) is 7.41. The Labute approximate surface area is 139 Å². The van der Waals surface area contributed by atoms with E-state index >= 15 is 0 Å². The Kier molecular flexibility index (Phi) is 4.16. The number of nitrogens with one attached hydrogen (secondary N) is 1. The number of hydrogen-bond acceptors (Lipinski definition) is 4. The second-order valence-corrected chi connectivity index (χ2v) is 5.37. The summed E-state index contributed by atoms with van der Waals surface area (Å²) < 4.78 is 0. The number of phenolic OH excluding ortho intramolecular Hbond substituents is 2. The van der Waals surface area contributed by atoms with Gasteiger partial charge in [0.1, 0.15) is 5.82 Å². The fourth-order valence-electron chi connectivity index (χ4n) is 2.37. The number of rotatable bonds is 3. The molecule has 0 aliphatic heterocycles. The van der Waals surface area contributed by atoms with E-state index in [1.165, 1.54) is 6.07 Å². The molecule has 0 unspecified atom stereocenters. The Morgan fingerprint density at radius 3 is 2.38 bits per heavy atom. The average Bonchev–Trinajstić information content (AvgIpc) is 2.57. The van der Waals surface area contributed by atoms with Gasteiger partial charge in [-0.3, -0.25) is 4.79 Å². The number of carbonyl (C=O) groups is 1. The zero-order chi connectivity index (χ0) is 17.1. The van der Waals surface area contributed by atoms with Crippen LogP contribution < -0.4 is 5.32 Å². The fourth-order valence-corrected chi connectivity index (χ4v) is 2.37. The van der Waals surface area contributed by atoms with E-state index in [2.05, 4.69) is 10.3 Å². The number of carbonyl (C=O) groups excluding carboxylic acids is 1. The lowest BCUT2D eigenvalue weighted by atomic mass is 10.0. The van der Waals surface area contributed by atoms with Crippen LogP contribution in [0.1, 0.15) is 16.1 Å². The van der Waals surface area contributed by atoms with Gasteiger partial charge in [-0.05, 0) is 42.8 Å². The van der Waals surface area contributed by atoms with Crippen LogP contribution >= 0.6 is 0 Å². The minimum Gasteiger partial charge on any atom is -0.504 e. The molecule has 5 heteroatoms. The SMILES string of the molecule is Cc1cccc(NC(=O)c2ccc(-c3cccc(O)c3O)cc2)n1. The summed E-state index contributed by atoms with van der Waals surface area (Å²) in [6.45, 7) is 1.85. The molecule has 2 aromatic carbocycles. The number of aryl methyl sites for hydroxylation is 1. The lowest BCUT2D eigenvalue weighted by Crippen LogP contribution is -2.12. The number of nitrogens with zero attached hydrogens (tertiary/aromatic N) is 1. The number of benzene rings is 2. The van der Waals surface area contributed by atoms with Gasteiger partial charge in [-0.1, -0.05) is 30.3 Å². The third-order valence-corrected chi connectivity index (χ3v) is 3.60. The number of amides is 1. The van der Waals surface area contributed by atoms with Gasteiger partial charge in [-0.15, -0.1) is 0 Å². The van der Waals surface area contributed by atoms with E-state index in [0.717, 1.165) is 5.69 Å². The minimum atomic E-state index is -0.264. The molecule has 0 aliphatic carbocycles. The van der Waals surface area contributed by atoms with Crippen LogP contribution in [0.25, 0.3) is 11.1 Å². The normalized spacial score (nSPS) is 10.4. The van der Waals surface area contributed by atoms with Crippen LogP contribution in [-0.4, -0.2) is 21.1 Å². The maximum atomic E-state index is 12.3. The van der Waals surface area contributed by atoms with Gasteiger partial charge in [-0.25, -0.2) is 4.98 Å². The zero-order valence-electron chi connectivity index (χ0n) is 13.0. The molecule has 0 saturated carbocycles. The molecular weight excluding hydrogens is 304 g/mol. The number of anilines is 1. The van der Waals surface area contributed by atoms with E-state index in [4.69, 9.17) is 0 Å². The Balaban J connectivity index is 1.81. The van der Waals surface area contributed by atoms with Crippen LogP contribution in [0.2, 0.25) is 0 Å². The number of aromatic hydroxyl groups is 2. The van der Waals surface area contributed by atoms with E-state index in [1.807, 2.05) is 19.1 Å². The van der Waals surface area contributed by atoms with Crippen LogP contribution in [0, 0.1) is 6.92 Å². The number of hydrogen-bond donors (Lipinski definition) is 3. The second kappa shape index (κ2) is 6.42. The van der Waals surface area contributed by atoms with Crippen LogP contribution in [0.5, 0.6) is 11.5 Å². The van der Waals surface area contributed by atoms with Crippen molar-refractivity contribution in [1.82, 2.24) is 4.98 Å². The topological polar surface area (TPSA) is 82.5 Å². The summed E-state index contributed by atoms with van der Waals surface area (Å²) >= 11 is 0. The third-order valence-electron chi connectivity index (χ3n) is 3.60. The van der Waals surface area contributed by atoms with Gasteiger partial charge in [0.05, 0.1) is 0 Å². The smallest absolute Gasteiger partial charge is 0.256 e. The van der Waals surface area contributed by atoms with Crippen molar-refractivity contribution < 1.29 is 15.0 Å². The highest BCUT2D eigenvalue weighted by molar-refractivity contribution is 6.04. The summed E-state index contributed by atoms with van der Waals surface area (Å²) in [5, 5.41) is 22.2. The fraction of sp³-hybridized carbons (Fsp3) is 0.0526. The van der Waals surface area contributed by atoms with Crippen molar-refractivity contribution in [3.8, 4) is 22.6 Å². The quantitative estimate of drug-likeness (QED) is 0.642. The first-order valence-electron chi connectivity index (χ1n) is 7.41. The van der Waals surface area contributed by atoms with Gasteiger partial charge in [0.15, 0.2) is 11.5 Å². The molecule has 5 nitrogen and oxygen atoms in total. The van der Waals surface area contributed by atoms with Gasteiger partial charge in [0.25, 0.3) is 5.91 Å². The molecule has 0 fully saturated rings. The van der Waals surface area contributed by atoms with Crippen molar-refractivity contribution in [2.75, 3.05) is 5.32 Å². The maximum absolute atomic E-state index is 12.3. The molecule has 3 aromatic rings. The number of aromatic nitrogens is 1. The summed E-state index contributed by atoms with van der Waals surface area (Å²) in [5.74, 6) is -0.131. The molecule has 0 radical (unpaired) electrons. The zero-order valence-corrected chi connectivity index (χ0v) is 13.0. The summed E-state index contributed by atoms with van der Waals surface area (Å²) in [7, 11) is 0. The van der Waals surface area contributed by atoms with Crippen LogP contribution in [0.15, 0.2) is 60.7 Å². The standard InChI is InChI=1S/C19H16N2O3/c1-12-4-2-7-17(20-12)21-19(24)14-10-8-13(9-11-14)15-5-3-6-16(22)18(15)23/h2-11,22-23H,1H3,(H,20,21,24). The minimum absolute atomic E-state index is 0.181. The molecular formula is C19H16N2O3. The van der Waals surface area contributed by atoms with Crippen molar-refractivity contribution in [2.24, 2.45) is 0 Å². The van der Waals surface area contributed by atoms with Gasteiger partial charge in [-0.2, -0.15) is 0 Å². The highest BCUT2D eigenvalue weighted by Crippen LogP contribution is 2.35. The Morgan fingerprint density at radius 1 is 0.958 bits per heavy atom. The van der Waals surface area contributed by atoms with Crippen molar-refractivity contribution >= 4 is 11.7 Å². The Morgan fingerprint density at radius 2 is 1.67 bits per heavy atom. The van der Waals surface area contributed by atoms with E-state index in [9.17, 15) is 15.0 Å². The number of para-hydroxylation sites is 1. The lowest BCUT2D eigenvalue weighted by molar-refractivity contribution is 0.102. The number of pyridine rings is 1. The molecule has 0 aliphatic rings. The monoisotopic (exact) mass is 320 g/mol. The lowest BCUT2D eigenvalue weighted by Gasteiger charge is -2.08. The highest BCUT2D eigenvalue weighted by atomic mass is 16.3. The molecule has 0 saturated heterocycles. The molecule has 3 rings (SSSR count). The second-order valence-electron chi connectivity index (χ2n) is 5.37. The maximum Gasteiger partial charge on any atom is 0.256 e. The summed E-state index contributed by atoms with van der Waals surface area (Å²) in [4.78, 5) is 16.5. The first kappa shape index (κ1) is 15.6. The third kappa shape index (κ3) is 3.20. The molecule has 1 heterocycles. The average molecular weight is 320 g/mol. The molecule has 1 aromatic heterocycles. The van der Waals surface area contributed by atoms with E-state index in [0.29, 0.717) is 22.5 Å². The number of phenols is 2. The van der Waals surface area contributed by atoms with Crippen molar-refractivity contribution in [3.63, 3.8) is 0 Å². The Bertz CT molecular complexity index is 889. The van der Waals surface area contributed by atoms with Gasteiger partial charge in [0.2, 0.25) is 0 Å². The van der Waals surface area contributed by atoms with Gasteiger partial charge < -0.3 is 15.5 Å².